The summed E-state index contributed by atoms with van der Waals surface area (Å²) in [7, 11) is -4.99. The number of pyridine rings is 1. The first kappa shape index (κ1) is 10.9. The van der Waals surface area contributed by atoms with Gasteiger partial charge in [-0.15, -0.1) is 3.89 Å². The molecule has 0 N–H and O–H groups in total. The van der Waals surface area contributed by atoms with Crippen LogP contribution in [0.1, 0.15) is 5.69 Å². The summed E-state index contributed by atoms with van der Waals surface area (Å²) >= 11 is 0. The van der Waals surface area contributed by atoms with Crippen LogP contribution in [-0.2, 0) is 16.4 Å². The van der Waals surface area contributed by atoms with Crippen molar-refractivity contribution in [3.63, 3.8) is 0 Å². The van der Waals surface area contributed by atoms with Gasteiger partial charge in [-0.25, -0.2) is 0 Å². The summed E-state index contributed by atoms with van der Waals surface area (Å²) in [6.45, 7) is 0. The number of alkyl halides is 3. The minimum atomic E-state index is -4.99. The maximum atomic E-state index is 12.2. The fraction of sp³-hybridized carbons (Fsp3) is 0.167. The first-order chi connectivity index (χ1) is 6.21. The maximum absolute atomic E-state index is 12.2. The van der Waals surface area contributed by atoms with Gasteiger partial charge in [-0.1, -0.05) is 0 Å². The van der Waals surface area contributed by atoms with Gasteiger partial charge >= 0.3 is 16.4 Å². The lowest BCUT2D eigenvalue weighted by molar-refractivity contribution is -0.141. The van der Waals surface area contributed by atoms with Gasteiger partial charge in [0.05, 0.1) is 0 Å². The Morgan fingerprint density at radius 2 is 1.79 bits per heavy atom. The molecule has 14 heavy (non-hydrogen) atoms. The van der Waals surface area contributed by atoms with Crippen molar-refractivity contribution in [2.75, 3.05) is 0 Å². The van der Waals surface area contributed by atoms with Gasteiger partial charge < -0.3 is 0 Å². The zero-order valence-electron chi connectivity index (χ0n) is 6.42. The van der Waals surface area contributed by atoms with Gasteiger partial charge in [-0.05, 0) is 12.1 Å². The fourth-order valence-electron chi connectivity index (χ4n) is 0.692. The quantitative estimate of drug-likeness (QED) is 0.544. The first-order valence-electron chi connectivity index (χ1n) is 3.19. The van der Waals surface area contributed by atoms with E-state index in [0.717, 1.165) is 0 Å². The van der Waals surface area contributed by atoms with E-state index in [2.05, 4.69) is 4.98 Å². The molecule has 0 aliphatic carbocycles. The Morgan fingerprint density at radius 3 is 2.07 bits per heavy atom. The van der Waals surface area contributed by atoms with Crippen LogP contribution in [0.3, 0.4) is 0 Å². The summed E-state index contributed by atoms with van der Waals surface area (Å²) in [6.07, 6.45) is -4.35. The number of hydrogen-bond acceptors (Lipinski definition) is 3. The van der Waals surface area contributed by atoms with Crippen LogP contribution in [0.5, 0.6) is 0 Å². The molecular formula is C6H3F4NO2S. The average Bonchev–Trinajstić information content (AvgIpc) is 2.01. The Labute approximate surface area is 76.6 Å². The topological polar surface area (TPSA) is 47.0 Å². The molecule has 1 heterocycles. The fourth-order valence-corrected chi connectivity index (χ4v) is 1.10. The van der Waals surface area contributed by atoms with Crippen LogP contribution in [0.4, 0.5) is 17.1 Å². The highest BCUT2D eigenvalue weighted by atomic mass is 32.3. The van der Waals surface area contributed by atoms with E-state index in [4.69, 9.17) is 0 Å². The third-order valence-electron chi connectivity index (χ3n) is 1.31. The van der Waals surface area contributed by atoms with Gasteiger partial charge in [0.1, 0.15) is 10.6 Å². The van der Waals surface area contributed by atoms with Crippen LogP contribution < -0.4 is 0 Å². The monoisotopic (exact) mass is 229 g/mol. The van der Waals surface area contributed by atoms with Gasteiger partial charge in [0.25, 0.3) is 0 Å². The van der Waals surface area contributed by atoms with Crippen molar-refractivity contribution in [1.29, 1.82) is 0 Å². The van der Waals surface area contributed by atoms with Crippen LogP contribution in [0.15, 0.2) is 23.2 Å². The highest BCUT2D eigenvalue weighted by Crippen LogP contribution is 2.27. The van der Waals surface area contributed by atoms with Crippen molar-refractivity contribution >= 4 is 10.2 Å². The van der Waals surface area contributed by atoms with E-state index >= 15 is 0 Å². The van der Waals surface area contributed by atoms with Gasteiger partial charge in [0, 0.05) is 6.20 Å². The molecule has 0 fully saturated rings. The molecule has 3 nitrogen and oxygen atoms in total. The second-order valence-corrected chi connectivity index (χ2v) is 3.66. The molecule has 0 atom stereocenters. The van der Waals surface area contributed by atoms with Crippen molar-refractivity contribution in [1.82, 2.24) is 4.98 Å². The lowest BCUT2D eigenvalue weighted by Gasteiger charge is -2.04. The van der Waals surface area contributed by atoms with E-state index in [9.17, 15) is 25.5 Å². The molecule has 0 aromatic carbocycles. The molecule has 0 spiro atoms. The SMILES string of the molecule is O=S(=O)(F)c1ccc(C(F)(F)F)nc1. The summed E-state index contributed by atoms with van der Waals surface area (Å²) in [5, 5.41) is 0. The van der Waals surface area contributed by atoms with Crippen LogP contribution >= 0.6 is 0 Å². The lowest BCUT2D eigenvalue weighted by Crippen LogP contribution is -2.08. The predicted molar refractivity (Wildman–Crippen MR) is 37.5 cm³/mol. The number of hydrogen-bond donors (Lipinski definition) is 0. The summed E-state index contributed by atoms with van der Waals surface area (Å²) in [5.74, 6) is 0. The second kappa shape index (κ2) is 3.19. The van der Waals surface area contributed by atoms with E-state index < -0.39 is 27.0 Å². The normalized spacial score (nSPS) is 12.9. The first-order valence-corrected chi connectivity index (χ1v) is 4.57. The van der Waals surface area contributed by atoms with Gasteiger partial charge in [0.15, 0.2) is 0 Å². The van der Waals surface area contributed by atoms with E-state index in [-0.39, 0.29) is 0 Å². The second-order valence-electron chi connectivity index (χ2n) is 2.31. The van der Waals surface area contributed by atoms with Crippen molar-refractivity contribution < 1.29 is 25.5 Å². The number of nitrogens with zero attached hydrogens (tertiary/aromatic N) is 1. The molecule has 0 saturated heterocycles. The molecule has 0 aliphatic heterocycles. The maximum Gasteiger partial charge on any atom is 0.433 e. The Hall–Kier alpha value is -1.18. The summed E-state index contributed by atoms with van der Waals surface area (Å²) in [6, 6.07) is 0.900. The Balaban J connectivity index is 3.14. The molecule has 8 heteroatoms. The van der Waals surface area contributed by atoms with Gasteiger partial charge in [0.2, 0.25) is 0 Å². The summed E-state index contributed by atoms with van der Waals surface area (Å²) in [5.41, 5.74) is -1.27. The number of rotatable bonds is 1. The Bertz CT molecular complexity index is 422. The molecule has 1 aromatic heterocycles. The van der Waals surface area contributed by atoms with Crippen LogP contribution in [0, 0.1) is 0 Å². The van der Waals surface area contributed by atoms with Crippen LogP contribution in [0.25, 0.3) is 0 Å². The zero-order chi connectivity index (χ0) is 11.0. The van der Waals surface area contributed by atoms with Crippen molar-refractivity contribution in [2.45, 2.75) is 11.1 Å². The van der Waals surface area contributed by atoms with Crippen LogP contribution in [-0.4, -0.2) is 13.4 Å². The third-order valence-corrected chi connectivity index (χ3v) is 2.11. The smallest absolute Gasteiger partial charge is 0.250 e. The van der Waals surface area contributed by atoms with Crippen molar-refractivity contribution in [3.8, 4) is 0 Å². The summed E-state index contributed by atoms with van der Waals surface area (Å²) in [4.78, 5) is 1.87. The molecule has 1 rings (SSSR count). The Morgan fingerprint density at radius 1 is 1.21 bits per heavy atom. The Kier molecular flexibility index (Phi) is 2.49. The predicted octanol–water partition coefficient (Wildman–Crippen LogP) is 1.76. The van der Waals surface area contributed by atoms with Crippen LogP contribution in [0.2, 0.25) is 0 Å². The van der Waals surface area contributed by atoms with E-state index in [0.29, 0.717) is 18.3 Å². The third kappa shape index (κ3) is 2.41. The molecule has 1 aromatic rings. The van der Waals surface area contributed by atoms with Crippen molar-refractivity contribution in [2.24, 2.45) is 0 Å². The standard InChI is InChI=1S/C6H3F4NO2S/c7-6(8,9)5-2-1-4(3-11-5)14(10,12)13/h1-3H. The summed E-state index contributed by atoms with van der Waals surface area (Å²) < 4.78 is 68.3. The van der Waals surface area contributed by atoms with E-state index in [1.165, 1.54) is 0 Å². The average molecular weight is 229 g/mol. The molecule has 78 valence electrons. The van der Waals surface area contributed by atoms with Crippen molar-refractivity contribution in [3.05, 3.63) is 24.0 Å². The molecular weight excluding hydrogens is 226 g/mol. The molecule has 0 bridgehead atoms. The molecule has 0 radical (unpaired) electrons. The molecule has 0 unspecified atom stereocenters. The van der Waals surface area contributed by atoms with E-state index in [1.807, 2.05) is 0 Å². The van der Waals surface area contributed by atoms with Gasteiger partial charge in [-0.3, -0.25) is 4.98 Å². The highest BCUT2D eigenvalue weighted by molar-refractivity contribution is 7.86. The zero-order valence-corrected chi connectivity index (χ0v) is 7.23. The molecule has 0 aliphatic rings. The number of aromatic nitrogens is 1. The molecule has 0 saturated carbocycles. The largest absolute Gasteiger partial charge is 0.433 e. The lowest BCUT2D eigenvalue weighted by atomic mass is 10.3. The minimum Gasteiger partial charge on any atom is -0.250 e. The molecule has 0 amide bonds. The highest BCUT2D eigenvalue weighted by Gasteiger charge is 2.32. The minimum absolute atomic E-state index is 0.318. The number of halogens is 4. The van der Waals surface area contributed by atoms with E-state index in [1.54, 1.807) is 0 Å². The van der Waals surface area contributed by atoms with Gasteiger partial charge in [-0.2, -0.15) is 21.6 Å².